The number of urea groups is 1. The van der Waals surface area contributed by atoms with Gasteiger partial charge < -0.3 is 15.7 Å². The third-order valence-electron chi connectivity index (χ3n) is 3.28. The zero-order valence-corrected chi connectivity index (χ0v) is 13.1. The number of aliphatic carboxylic acids is 1. The number of rotatable bonds is 6. The van der Waals surface area contributed by atoms with Crippen LogP contribution in [0.4, 0.5) is 10.5 Å². The number of benzene rings is 1. The summed E-state index contributed by atoms with van der Waals surface area (Å²) in [4.78, 5) is 22.9. The lowest BCUT2D eigenvalue weighted by Crippen LogP contribution is -2.47. The molecular formula is C16H24N2O3. The van der Waals surface area contributed by atoms with Gasteiger partial charge in [0.1, 0.15) is 0 Å². The van der Waals surface area contributed by atoms with E-state index in [1.165, 1.54) is 0 Å². The van der Waals surface area contributed by atoms with Gasteiger partial charge in [0.05, 0.1) is 6.42 Å². The maximum atomic E-state index is 12.1. The summed E-state index contributed by atoms with van der Waals surface area (Å²) < 4.78 is 0. The molecule has 0 radical (unpaired) electrons. The van der Waals surface area contributed by atoms with Gasteiger partial charge in [-0.25, -0.2) is 4.79 Å². The third-order valence-corrected chi connectivity index (χ3v) is 3.28. The largest absolute Gasteiger partial charge is 0.481 e. The van der Waals surface area contributed by atoms with Gasteiger partial charge in [0.25, 0.3) is 0 Å². The van der Waals surface area contributed by atoms with Crippen LogP contribution in [-0.2, 0) is 17.6 Å². The molecule has 0 saturated heterocycles. The molecule has 5 nitrogen and oxygen atoms in total. The van der Waals surface area contributed by atoms with Gasteiger partial charge in [-0.15, -0.1) is 0 Å². The van der Waals surface area contributed by atoms with Gasteiger partial charge in [0, 0.05) is 11.2 Å². The topological polar surface area (TPSA) is 78.4 Å². The Labute approximate surface area is 125 Å². The molecule has 0 aliphatic carbocycles. The maximum Gasteiger partial charge on any atom is 0.319 e. The molecule has 1 rings (SSSR count). The van der Waals surface area contributed by atoms with Gasteiger partial charge >= 0.3 is 12.0 Å². The van der Waals surface area contributed by atoms with Gasteiger partial charge in [-0.3, -0.25) is 4.79 Å². The minimum absolute atomic E-state index is 0.128. The molecule has 0 aromatic heterocycles. The quantitative estimate of drug-likeness (QED) is 0.753. The Bertz CT molecular complexity index is 502. The molecule has 3 N–H and O–H groups in total. The highest BCUT2D eigenvalue weighted by Crippen LogP contribution is 2.22. The molecule has 0 fully saturated rings. The van der Waals surface area contributed by atoms with Gasteiger partial charge in [-0.05, 0) is 37.8 Å². The molecule has 0 heterocycles. The zero-order chi connectivity index (χ0) is 16.0. The summed E-state index contributed by atoms with van der Waals surface area (Å²) in [6.45, 7) is 7.44. The number of anilines is 1. The van der Waals surface area contributed by atoms with Gasteiger partial charge in [-0.2, -0.15) is 0 Å². The monoisotopic (exact) mass is 292 g/mol. The summed E-state index contributed by atoms with van der Waals surface area (Å²) >= 11 is 0. The van der Waals surface area contributed by atoms with Crippen LogP contribution >= 0.6 is 0 Å². The van der Waals surface area contributed by atoms with Crippen LogP contribution in [0.1, 0.15) is 45.2 Å². The summed E-state index contributed by atoms with van der Waals surface area (Å²) in [7, 11) is 0. The van der Waals surface area contributed by atoms with E-state index in [9.17, 15) is 9.59 Å². The number of carboxylic acid groups (broad SMARTS) is 1. The molecule has 116 valence electrons. The summed E-state index contributed by atoms with van der Waals surface area (Å²) in [5.41, 5.74) is 2.16. The van der Waals surface area contributed by atoms with Crippen molar-refractivity contribution in [2.75, 3.05) is 5.32 Å². The van der Waals surface area contributed by atoms with E-state index in [0.717, 1.165) is 29.7 Å². The van der Waals surface area contributed by atoms with E-state index >= 15 is 0 Å². The molecule has 1 aromatic carbocycles. The van der Waals surface area contributed by atoms with Crippen molar-refractivity contribution < 1.29 is 14.7 Å². The second-order valence-corrected chi connectivity index (χ2v) is 5.69. The maximum absolute atomic E-state index is 12.1. The normalized spacial score (nSPS) is 11.0. The van der Waals surface area contributed by atoms with E-state index in [-0.39, 0.29) is 12.5 Å². The number of nitrogens with one attached hydrogen (secondary N) is 2. The molecular weight excluding hydrogens is 268 g/mol. The number of carbonyl (C=O) groups is 2. The molecule has 0 aliphatic heterocycles. The Morgan fingerprint density at radius 1 is 1.14 bits per heavy atom. The lowest BCUT2D eigenvalue weighted by atomic mass is 10.0. The van der Waals surface area contributed by atoms with Gasteiger partial charge in [0.2, 0.25) is 0 Å². The van der Waals surface area contributed by atoms with Crippen molar-refractivity contribution in [1.82, 2.24) is 5.32 Å². The van der Waals surface area contributed by atoms with Crippen LogP contribution in [0.3, 0.4) is 0 Å². The van der Waals surface area contributed by atoms with Crippen molar-refractivity contribution in [3.63, 3.8) is 0 Å². The van der Waals surface area contributed by atoms with E-state index in [1.807, 2.05) is 32.0 Å². The summed E-state index contributed by atoms with van der Waals surface area (Å²) in [6.07, 6.45) is 1.51. The first-order valence-electron chi connectivity index (χ1n) is 7.20. The highest BCUT2D eigenvalue weighted by atomic mass is 16.4. The van der Waals surface area contributed by atoms with Crippen LogP contribution in [0, 0.1) is 0 Å². The summed E-state index contributed by atoms with van der Waals surface area (Å²) in [6, 6.07) is 5.57. The smallest absolute Gasteiger partial charge is 0.319 e. The van der Waals surface area contributed by atoms with Crippen molar-refractivity contribution in [1.29, 1.82) is 0 Å². The second-order valence-electron chi connectivity index (χ2n) is 5.69. The first kappa shape index (κ1) is 17.0. The summed E-state index contributed by atoms with van der Waals surface area (Å²) in [5.74, 6) is -0.941. The first-order chi connectivity index (χ1) is 9.79. The lowest BCUT2D eigenvalue weighted by Gasteiger charge is -2.25. The predicted octanol–water partition coefficient (Wildman–Crippen LogP) is 3.19. The number of para-hydroxylation sites is 1. The first-order valence-corrected chi connectivity index (χ1v) is 7.20. The van der Waals surface area contributed by atoms with Crippen molar-refractivity contribution in [3.8, 4) is 0 Å². The van der Waals surface area contributed by atoms with E-state index in [1.54, 1.807) is 13.8 Å². The fourth-order valence-corrected chi connectivity index (χ4v) is 2.28. The number of aryl methyl sites for hydroxylation is 2. The molecule has 0 atom stereocenters. The average molecular weight is 292 g/mol. The van der Waals surface area contributed by atoms with Crippen LogP contribution in [0.15, 0.2) is 18.2 Å². The second kappa shape index (κ2) is 7.11. The highest BCUT2D eigenvalue weighted by molar-refractivity contribution is 5.91. The van der Waals surface area contributed by atoms with Crippen LogP contribution in [-0.4, -0.2) is 22.6 Å². The van der Waals surface area contributed by atoms with Crippen LogP contribution < -0.4 is 10.6 Å². The minimum Gasteiger partial charge on any atom is -0.481 e. The lowest BCUT2D eigenvalue weighted by molar-refractivity contribution is -0.138. The Morgan fingerprint density at radius 2 is 1.67 bits per heavy atom. The number of carboxylic acids is 1. The molecule has 1 aromatic rings. The molecule has 0 bridgehead atoms. The number of amides is 2. The van der Waals surface area contributed by atoms with Crippen molar-refractivity contribution >= 4 is 17.7 Å². The molecule has 21 heavy (non-hydrogen) atoms. The molecule has 0 aliphatic rings. The Hall–Kier alpha value is -2.04. The number of hydrogen-bond donors (Lipinski definition) is 3. The fourth-order valence-electron chi connectivity index (χ4n) is 2.28. The van der Waals surface area contributed by atoms with Crippen LogP contribution in [0.2, 0.25) is 0 Å². The minimum atomic E-state index is -0.941. The Balaban J connectivity index is 2.86. The van der Waals surface area contributed by atoms with E-state index in [2.05, 4.69) is 10.6 Å². The zero-order valence-electron chi connectivity index (χ0n) is 13.1. The van der Waals surface area contributed by atoms with Crippen molar-refractivity contribution in [3.05, 3.63) is 29.3 Å². The van der Waals surface area contributed by atoms with E-state index in [0.29, 0.717) is 0 Å². The highest BCUT2D eigenvalue weighted by Gasteiger charge is 2.24. The standard InChI is InChI=1S/C16H24N2O3/c1-5-11-8-7-9-12(6-2)14(11)17-15(21)18-16(3,4)10-13(19)20/h7-9H,5-6,10H2,1-4H3,(H,19,20)(H2,17,18,21). The molecule has 5 heteroatoms. The third kappa shape index (κ3) is 5.10. The van der Waals surface area contributed by atoms with Crippen molar-refractivity contribution in [2.45, 2.75) is 52.5 Å². The summed E-state index contributed by atoms with van der Waals surface area (Å²) in [5, 5.41) is 14.4. The molecule has 2 amide bonds. The fraction of sp³-hybridized carbons (Fsp3) is 0.500. The van der Waals surface area contributed by atoms with Crippen LogP contribution in [0.25, 0.3) is 0 Å². The Kier molecular flexibility index (Phi) is 5.76. The van der Waals surface area contributed by atoms with Crippen LogP contribution in [0.5, 0.6) is 0 Å². The molecule has 0 spiro atoms. The van der Waals surface area contributed by atoms with E-state index < -0.39 is 11.5 Å². The van der Waals surface area contributed by atoms with E-state index in [4.69, 9.17) is 5.11 Å². The SMILES string of the molecule is CCc1cccc(CC)c1NC(=O)NC(C)(C)CC(=O)O. The van der Waals surface area contributed by atoms with Gasteiger partial charge in [0.15, 0.2) is 0 Å². The molecule has 0 unspecified atom stereocenters. The Morgan fingerprint density at radius 3 is 2.10 bits per heavy atom. The van der Waals surface area contributed by atoms with Gasteiger partial charge in [-0.1, -0.05) is 32.0 Å². The number of carbonyl (C=O) groups excluding carboxylic acids is 1. The molecule has 0 saturated carbocycles. The van der Waals surface area contributed by atoms with Crippen molar-refractivity contribution in [2.24, 2.45) is 0 Å². The predicted molar refractivity (Wildman–Crippen MR) is 83.7 cm³/mol. The average Bonchev–Trinajstić information content (AvgIpc) is 2.36. The number of hydrogen-bond acceptors (Lipinski definition) is 2.